The van der Waals surface area contributed by atoms with Crippen LogP contribution in [0.25, 0.3) is 22.4 Å². The average molecular weight is 296 g/mol. The van der Waals surface area contributed by atoms with Gasteiger partial charge in [-0.25, -0.2) is 9.37 Å². The van der Waals surface area contributed by atoms with Crippen molar-refractivity contribution in [3.63, 3.8) is 0 Å². The molecular formula is C19H21FN2. The van der Waals surface area contributed by atoms with E-state index in [9.17, 15) is 4.39 Å². The first-order valence-electron chi connectivity index (χ1n) is 7.63. The van der Waals surface area contributed by atoms with E-state index in [1.54, 1.807) is 0 Å². The quantitative estimate of drug-likeness (QED) is 0.667. The molecule has 2 nitrogen and oxygen atoms in total. The van der Waals surface area contributed by atoms with Crippen molar-refractivity contribution in [1.82, 2.24) is 9.55 Å². The Morgan fingerprint density at radius 2 is 1.68 bits per heavy atom. The molecule has 3 rings (SSSR count). The van der Waals surface area contributed by atoms with Crippen LogP contribution >= 0.6 is 0 Å². The highest BCUT2D eigenvalue weighted by Gasteiger charge is 2.15. The maximum Gasteiger partial charge on any atom is 0.141 e. The fourth-order valence-electron chi connectivity index (χ4n) is 2.73. The Hall–Kier alpha value is -2.16. The summed E-state index contributed by atoms with van der Waals surface area (Å²) in [6.45, 7) is 6.52. The molecule has 1 heterocycles. The summed E-state index contributed by atoms with van der Waals surface area (Å²) in [6, 6.07) is 16.3. The number of aryl methyl sites for hydroxylation is 1. The molecule has 3 aromatic rings. The van der Waals surface area contributed by atoms with E-state index >= 15 is 0 Å². The van der Waals surface area contributed by atoms with Gasteiger partial charge in [0, 0.05) is 5.56 Å². The fraction of sp³-hybridized carbons (Fsp3) is 0.316. The molecule has 0 atom stereocenters. The van der Waals surface area contributed by atoms with Gasteiger partial charge in [0.2, 0.25) is 0 Å². The molecule has 3 heteroatoms. The molecule has 2 aromatic carbocycles. The van der Waals surface area contributed by atoms with Gasteiger partial charge in [-0.15, -0.1) is 0 Å². The van der Waals surface area contributed by atoms with Crippen molar-refractivity contribution < 1.29 is 4.39 Å². The summed E-state index contributed by atoms with van der Waals surface area (Å²) in [5.74, 6) is 0.833. The molecule has 0 radical (unpaired) electrons. The van der Waals surface area contributed by atoms with Crippen LogP contribution in [0.2, 0.25) is 0 Å². The maximum atomic E-state index is 13.0. The molecule has 0 aliphatic carbocycles. The third-order valence-electron chi connectivity index (χ3n) is 3.97. The van der Waals surface area contributed by atoms with Gasteiger partial charge in [0.05, 0.1) is 17.6 Å². The minimum atomic E-state index is -0.395. The summed E-state index contributed by atoms with van der Waals surface area (Å²) in [6.07, 6.45) is 0. The molecule has 0 amide bonds. The van der Waals surface area contributed by atoms with E-state index in [1.165, 1.54) is 5.56 Å². The first-order chi connectivity index (χ1) is 10.5. The van der Waals surface area contributed by atoms with Crippen LogP contribution in [0.3, 0.4) is 0 Å². The van der Waals surface area contributed by atoms with Crippen molar-refractivity contribution in [3.05, 3.63) is 54.1 Å². The predicted octanol–water partition coefficient (Wildman–Crippen LogP) is 4.97. The van der Waals surface area contributed by atoms with Crippen LogP contribution in [0.1, 0.15) is 26.3 Å². The number of alkyl halides is 1. The summed E-state index contributed by atoms with van der Waals surface area (Å²) < 4.78 is 14.9. The molecule has 0 unspecified atom stereocenters. The van der Waals surface area contributed by atoms with Crippen LogP contribution in [0.15, 0.2) is 48.5 Å². The smallest absolute Gasteiger partial charge is 0.141 e. The molecule has 0 fully saturated rings. The Morgan fingerprint density at radius 3 is 2.32 bits per heavy atom. The third kappa shape index (κ3) is 2.63. The molecule has 0 saturated heterocycles. The Bertz CT molecular complexity index is 779. The lowest BCUT2D eigenvalue weighted by atomic mass is 9.87. The predicted molar refractivity (Wildman–Crippen MR) is 89.8 cm³/mol. The molecule has 22 heavy (non-hydrogen) atoms. The van der Waals surface area contributed by atoms with Crippen LogP contribution in [-0.4, -0.2) is 16.2 Å². The number of aromatic nitrogens is 2. The van der Waals surface area contributed by atoms with Gasteiger partial charge in [0.1, 0.15) is 12.5 Å². The van der Waals surface area contributed by atoms with Gasteiger partial charge in [-0.05, 0) is 23.1 Å². The zero-order valence-electron chi connectivity index (χ0n) is 13.3. The number of benzene rings is 2. The van der Waals surface area contributed by atoms with Gasteiger partial charge in [-0.2, -0.15) is 0 Å². The van der Waals surface area contributed by atoms with Crippen LogP contribution < -0.4 is 0 Å². The summed E-state index contributed by atoms with van der Waals surface area (Å²) in [4.78, 5) is 4.69. The Kier molecular flexibility index (Phi) is 3.73. The van der Waals surface area contributed by atoms with Gasteiger partial charge in [0.15, 0.2) is 0 Å². The van der Waals surface area contributed by atoms with E-state index in [-0.39, 0.29) is 5.41 Å². The van der Waals surface area contributed by atoms with Crippen molar-refractivity contribution in [3.8, 4) is 11.4 Å². The van der Waals surface area contributed by atoms with Crippen molar-refractivity contribution in [2.75, 3.05) is 6.67 Å². The van der Waals surface area contributed by atoms with E-state index in [2.05, 4.69) is 50.0 Å². The molecular weight excluding hydrogens is 275 g/mol. The second-order valence-electron chi connectivity index (χ2n) is 6.59. The van der Waals surface area contributed by atoms with Crippen LogP contribution in [0.5, 0.6) is 0 Å². The highest BCUT2D eigenvalue weighted by atomic mass is 19.1. The van der Waals surface area contributed by atoms with Crippen molar-refractivity contribution >= 4 is 11.0 Å². The zero-order chi connectivity index (χ0) is 15.7. The minimum Gasteiger partial charge on any atom is -0.321 e. The number of halogens is 1. The standard InChI is InChI=1S/C19H21FN2/c1-19(2,3)15-10-8-14(9-11-15)18-21-16-6-4-5-7-17(16)22(18)13-12-20/h4-11H,12-13H2,1-3H3. The number of imidazole rings is 1. The first kappa shape index (κ1) is 14.8. The summed E-state index contributed by atoms with van der Waals surface area (Å²) in [5, 5.41) is 0. The second kappa shape index (κ2) is 5.56. The molecule has 0 aliphatic heterocycles. The summed E-state index contributed by atoms with van der Waals surface area (Å²) in [5.41, 5.74) is 4.32. The average Bonchev–Trinajstić information content (AvgIpc) is 2.86. The van der Waals surface area contributed by atoms with Crippen LogP contribution in [0, 0.1) is 0 Å². The Morgan fingerprint density at radius 1 is 1.00 bits per heavy atom. The summed E-state index contributed by atoms with van der Waals surface area (Å²) >= 11 is 0. The molecule has 114 valence electrons. The molecule has 1 aromatic heterocycles. The number of hydrogen-bond acceptors (Lipinski definition) is 1. The molecule has 0 saturated carbocycles. The van der Waals surface area contributed by atoms with Gasteiger partial charge < -0.3 is 4.57 Å². The van der Waals surface area contributed by atoms with Crippen LogP contribution in [0.4, 0.5) is 4.39 Å². The van der Waals surface area contributed by atoms with Gasteiger partial charge in [-0.3, -0.25) is 0 Å². The number of hydrogen-bond donors (Lipinski definition) is 0. The minimum absolute atomic E-state index is 0.123. The zero-order valence-corrected chi connectivity index (χ0v) is 13.3. The van der Waals surface area contributed by atoms with Crippen molar-refractivity contribution in [2.45, 2.75) is 32.7 Å². The van der Waals surface area contributed by atoms with Crippen molar-refractivity contribution in [1.29, 1.82) is 0 Å². The number of para-hydroxylation sites is 2. The SMILES string of the molecule is CC(C)(C)c1ccc(-c2nc3ccccc3n2CCF)cc1. The highest BCUT2D eigenvalue weighted by molar-refractivity contribution is 5.80. The van der Waals surface area contributed by atoms with E-state index in [4.69, 9.17) is 0 Å². The number of fused-ring (bicyclic) bond motifs is 1. The number of rotatable bonds is 3. The third-order valence-corrected chi connectivity index (χ3v) is 3.97. The van der Waals surface area contributed by atoms with E-state index in [0.717, 1.165) is 22.4 Å². The molecule has 0 spiro atoms. The van der Waals surface area contributed by atoms with Crippen LogP contribution in [-0.2, 0) is 12.0 Å². The van der Waals surface area contributed by atoms with E-state index in [1.807, 2.05) is 28.8 Å². The normalized spacial score (nSPS) is 12.0. The van der Waals surface area contributed by atoms with Gasteiger partial charge >= 0.3 is 0 Å². The van der Waals surface area contributed by atoms with Crippen molar-refractivity contribution in [2.24, 2.45) is 0 Å². The maximum absolute atomic E-state index is 13.0. The monoisotopic (exact) mass is 296 g/mol. The second-order valence-corrected chi connectivity index (χ2v) is 6.59. The Labute approximate surface area is 130 Å². The fourth-order valence-corrected chi connectivity index (χ4v) is 2.73. The summed E-state index contributed by atoms with van der Waals surface area (Å²) in [7, 11) is 0. The van der Waals surface area contributed by atoms with Gasteiger partial charge in [-0.1, -0.05) is 57.2 Å². The topological polar surface area (TPSA) is 17.8 Å². The van der Waals surface area contributed by atoms with E-state index < -0.39 is 6.67 Å². The number of nitrogens with zero attached hydrogens (tertiary/aromatic N) is 2. The lowest BCUT2D eigenvalue weighted by molar-refractivity contribution is 0.451. The molecule has 0 N–H and O–H groups in total. The Balaban J connectivity index is 2.11. The first-order valence-corrected chi connectivity index (χ1v) is 7.63. The van der Waals surface area contributed by atoms with E-state index in [0.29, 0.717) is 6.54 Å². The lowest BCUT2D eigenvalue weighted by Crippen LogP contribution is -2.10. The van der Waals surface area contributed by atoms with Gasteiger partial charge in [0.25, 0.3) is 0 Å². The highest BCUT2D eigenvalue weighted by Crippen LogP contribution is 2.28. The lowest BCUT2D eigenvalue weighted by Gasteiger charge is -2.19. The molecule has 0 aliphatic rings. The largest absolute Gasteiger partial charge is 0.321 e. The molecule has 0 bridgehead atoms.